The lowest BCUT2D eigenvalue weighted by Crippen LogP contribution is -2.15. The Morgan fingerprint density at radius 1 is 1.36 bits per heavy atom. The lowest BCUT2D eigenvalue weighted by Gasteiger charge is -2.22. The number of hydrogen-bond donors (Lipinski definition) is 1. The average Bonchev–Trinajstić information content (AvgIpc) is 2.02. The van der Waals surface area contributed by atoms with Crippen LogP contribution in [-0.2, 0) is 9.09 Å². The van der Waals surface area contributed by atoms with Crippen LogP contribution in [0.2, 0.25) is 0 Å². The minimum absolute atomic E-state index is 0.674. The number of thioether (sulfide) groups is 1. The fourth-order valence-electron chi connectivity index (χ4n) is 1.00. The Balaban J connectivity index is 2.63. The molecule has 1 aromatic carbocycles. The van der Waals surface area contributed by atoms with Crippen LogP contribution in [0.4, 0.5) is 0 Å². The molecule has 0 saturated carbocycles. The third-order valence-corrected chi connectivity index (χ3v) is 3.36. The largest absolute Gasteiger partial charge is 0.326 e. The number of hydrogen-bond acceptors (Lipinski definition) is 3. The average molecular weight is 232 g/mol. The Hall–Kier alpha value is -0.280. The van der Waals surface area contributed by atoms with Gasteiger partial charge in [0.1, 0.15) is 4.93 Å². The molecule has 5 heteroatoms. The molecule has 14 heavy (non-hydrogen) atoms. The molecule has 1 aromatic rings. The third kappa shape index (κ3) is 4.29. The molecule has 0 fully saturated rings. The van der Waals surface area contributed by atoms with Gasteiger partial charge in [-0.3, -0.25) is 9.09 Å². The first-order chi connectivity index (χ1) is 6.49. The summed E-state index contributed by atoms with van der Waals surface area (Å²) in [7, 11) is -2.88. The minimum Gasteiger partial charge on any atom is -0.326 e. The molecule has 0 heterocycles. The molecule has 0 bridgehead atoms. The highest BCUT2D eigenvalue weighted by Gasteiger charge is 2.22. The van der Waals surface area contributed by atoms with Crippen molar-refractivity contribution in [1.82, 2.24) is 0 Å². The molecule has 0 amide bonds. The van der Waals surface area contributed by atoms with Gasteiger partial charge in [0.25, 0.3) is 0 Å². The van der Waals surface area contributed by atoms with E-state index in [0.29, 0.717) is 0 Å². The van der Waals surface area contributed by atoms with E-state index in [0.717, 1.165) is 4.90 Å². The van der Waals surface area contributed by atoms with Crippen molar-refractivity contribution in [1.29, 1.82) is 0 Å². The molecule has 1 N–H and O–H groups in total. The second-order valence-corrected chi connectivity index (χ2v) is 5.58. The van der Waals surface area contributed by atoms with Crippen molar-refractivity contribution in [3.63, 3.8) is 0 Å². The van der Waals surface area contributed by atoms with Gasteiger partial charge in [-0.05, 0) is 26.0 Å². The molecular formula is C9H13O3PS. The molecule has 0 spiro atoms. The van der Waals surface area contributed by atoms with Crippen LogP contribution in [0, 0.1) is 0 Å². The Morgan fingerprint density at radius 3 is 2.43 bits per heavy atom. The van der Waals surface area contributed by atoms with Gasteiger partial charge in [-0.1, -0.05) is 30.0 Å². The van der Waals surface area contributed by atoms with E-state index >= 15 is 0 Å². The van der Waals surface area contributed by atoms with Gasteiger partial charge < -0.3 is 4.89 Å². The normalized spacial score (nSPS) is 13.9. The maximum Gasteiger partial charge on any atom is 0.317 e. The van der Waals surface area contributed by atoms with E-state index in [2.05, 4.69) is 0 Å². The molecule has 1 unspecified atom stereocenters. The molecule has 0 radical (unpaired) electrons. The maximum absolute atomic E-state index is 10.6. The summed E-state index contributed by atoms with van der Waals surface area (Å²) in [6.07, 6.45) is 0. The minimum atomic E-state index is -2.88. The van der Waals surface area contributed by atoms with Crippen LogP contribution in [0.3, 0.4) is 0 Å². The van der Waals surface area contributed by atoms with Crippen LogP contribution in [0.15, 0.2) is 35.2 Å². The number of rotatable bonds is 4. The van der Waals surface area contributed by atoms with E-state index in [-0.39, 0.29) is 0 Å². The van der Waals surface area contributed by atoms with E-state index in [1.807, 2.05) is 30.3 Å². The van der Waals surface area contributed by atoms with Gasteiger partial charge >= 0.3 is 8.25 Å². The van der Waals surface area contributed by atoms with Crippen molar-refractivity contribution in [3.05, 3.63) is 30.3 Å². The van der Waals surface area contributed by atoms with Crippen LogP contribution in [0.5, 0.6) is 0 Å². The van der Waals surface area contributed by atoms with Crippen molar-refractivity contribution in [3.8, 4) is 0 Å². The van der Waals surface area contributed by atoms with Gasteiger partial charge in [-0.2, -0.15) is 0 Å². The molecule has 0 saturated heterocycles. The summed E-state index contributed by atoms with van der Waals surface area (Å²) >= 11 is 1.42. The van der Waals surface area contributed by atoms with E-state index in [4.69, 9.17) is 9.42 Å². The standard InChI is InChI=1S/C9H13O3PS/c1-9(2,12-13(10)11)14-8-6-4-3-5-7-8/h3-7,13H,1-2H3,(H,10,11). The third-order valence-electron chi connectivity index (χ3n) is 1.44. The van der Waals surface area contributed by atoms with E-state index in [9.17, 15) is 4.57 Å². The molecule has 1 atom stereocenters. The van der Waals surface area contributed by atoms with Gasteiger partial charge in [-0.15, -0.1) is 0 Å². The summed E-state index contributed by atoms with van der Waals surface area (Å²) in [4.78, 5) is 9.02. The predicted octanol–water partition coefficient (Wildman–Crippen LogP) is 2.91. The van der Waals surface area contributed by atoms with Gasteiger partial charge in [0, 0.05) is 4.90 Å². The Labute approximate surface area is 88.4 Å². The van der Waals surface area contributed by atoms with Crippen molar-refractivity contribution in [2.75, 3.05) is 0 Å². The topological polar surface area (TPSA) is 46.5 Å². The van der Waals surface area contributed by atoms with Crippen LogP contribution in [0.25, 0.3) is 0 Å². The monoisotopic (exact) mass is 232 g/mol. The highest BCUT2D eigenvalue weighted by molar-refractivity contribution is 8.00. The quantitative estimate of drug-likeness (QED) is 0.492. The first-order valence-corrected chi connectivity index (χ1v) is 6.24. The lowest BCUT2D eigenvalue weighted by atomic mass is 10.4. The van der Waals surface area contributed by atoms with E-state index in [1.54, 1.807) is 13.8 Å². The molecule has 1 rings (SSSR count). The summed E-state index contributed by atoms with van der Waals surface area (Å²) in [6, 6.07) is 9.63. The molecule has 78 valence electrons. The molecule has 0 aliphatic rings. The van der Waals surface area contributed by atoms with Crippen LogP contribution in [-0.4, -0.2) is 9.83 Å². The zero-order valence-electron chi connectivity index (χ0n) is 8.06. The summed E-state index contributed by atoms with van der Waals surface area (Å²) < 4.78 is 15.5. The predicted molar refractivity (Wildman–Crippen MR) is 58.7 cm³/mol. The highest BCUT2D eigenvalue weighted by atomic mass is 32.2. The second-order valence-electron chi connectivity index (χ2n) is 3.18. The fourth-order valence-corrected chi connectivity index (χ4v) is 2.67. The van der Waals surface area contributed by atoms with Gasteiger partial charge in [-0.25, -0.2) is 0 Å². The molecular weight excluding hydrogens is 219 g/mol. The van der Waals surface area contributed by atoms with Crippen LogP contribution in [0.1, 0.15) is 13.8 Å². The smallest absolute Gasteiger partial charge is 0.317 e. The first kappa shape index (κ1) is 11.8. The second kappa shape index (κ2) is 4.99. The lowest BCUT2D eigenvalue weighted by molar-refractivity contribution is 0.192. The number of benzene rings is 1. The van der Waals surface area contributed by atoms with Crippen LogP contribution >= 0.6 is 20.0 Å². The Morgan fingerprint density at radius 2 is 1.93 bits per heavy atom. The van der Waals surface area contributed by atoms with Crippen molar-refractivity contribution in [2.45, 2.75) is 23.7 Å². The van der Waals surface area contributed by atoms with Gasteiger partial charge in [0.15, 0.2) is 0 Å². The van der Waals surface area contributed by atoms with Crippen LogP contribution < -0.4 is 0 Å². The maximum atomic E-state index is 10.6. The van der Waals surface area contributed by atoms with Crippen molar-refractivity contribution >= 4 is 20.0 Å². The van der Waals surface area contributed by atoms with Crippen molar-refractivity contribution < 1.29 is 14.0 Å². The summed E-state index contributed by atoms with van der Waals surface area (Å²) in [5.41, 5.74) is 0. The summed E-state index contributed by atoms with van der Waals surface area (Å²) in [6.45, 7) is 3.53. The zero-order chi connectivity index (χ0) is 10.6. The molecule has 0 aliphatic carbocycles. The fraction of sp³-hybridized carbons (Fsp3) is 0.333. The summed E-state index contributed by atoms with van der Waals surface area (Å²) in [5.74, 6) is 0. The zero-order valence-corrected chi connectivity index (χ0v) is 9.88. The van der Waals surface area contributed by atoms with Crippen molar-refractivity contribution in [2.24, 2.45) is 0 Å². The van der Waals surface area contributed by atoms with E-state index in [1.165, 1.54) is 11.8 Å². The molecule has 0 aromatic heterocycles. The molecule has 3 nitrogen and oxygen atoms in total. The Bertz CT molecular complexity index is 313. The Kier molecular flexibility index (Phi) is 4.20. The SMILES string of the molecule is CC(C)(O[PH](=O)O)Sc1ccccc1. The first-order valence-electron chi connectivity index (χ1n) is 4.15. The van der Waals surface area contributed by atoms with Gasteiger partial charge in [0.2, 0.25) is 0 Å². The van der Waals surface area contributed by atoms with Gasteiger partial charge in [0.05, 0.1) is 0 Å². The highest BCUT2D eigenvalue weighted by Crippen LogP contribution is 2.38. The summed E-state index contributed by atoms with van der Waals surface area (Å²) in [5, 5.41) is 0. The van der Waals surface area contributed by atoms with E-state index < -0.39 is 13.2 Å². The molecule has 0 aliphatic heterocycles.